The lowest BCUT2D eigenvalue weighted by Crippen LogP contribution is -2.58. The normalized spacial score (nSPS) is 20.2. The third-order valence-corrected chi connectivity index (χ3v) is 5.29. The Morgan fingerprint density at radius 3 is 2.67 bits per heavy atom. The number of nitrogens with zero attached hydrogens (tertiary/aromatic N) is 2. The Balaban J connectivity index is 1.72. The van der Waals surface area contributed by atoms with Gasteiger partial charge in [0.25, 0.3) is 5.91 Å². The first-order chi connectivity index (χ1) is 11.5. The molecule has 1 saturated heterocycles. The van der Waals surface area contributed by atoms with Crippen molar-refractivity contribution in [3.8, 4) is 5.75 Å². The molecular formula is C18H25FN2O3. The van der Waals surface area contributed by atoms with Crippen molar-refractivity contribution in [2.24, 2.45) is 5.92 Å². The molecule has 1 N–H and O–H groups in total. The number of β-amino-alcohol motifs (C(OH)–C–C–N with tert-alkyl or cyclic N) is 1. The minimum atomic E-state index is -0.525. The van der Waals surface area contributed by atoms with Gasteiger partial charge in [0.05, 0.1) is 13.2 Å². The molecule has 0 spiro atoms. The number of carbonyl (C=O) groups is 1. The van der Waals surface area contributed by atoms with E-state index in [1.54, 1.807) is 18.0 Å². The summed E-state index contributed by atoms with van der Waals surface area (Å²) in [4.78, 5) is 16.7. The molecule has 0 unspecified atom stereocenters. The zero-order valence-electron chi connectivity index (χ0n) is 14.2. The monoisotopic (exact) mass is 336 g/mol. The largest absolute Gasteiger partial charge is 0.494 e. The van der Waals surface area contributed by atoms with Gasteiger partial charge < -0.3 is 14.7 Å². The maximum Gasteiger partial charge on any atom is 0.254 e. The van der Waals surface area contributed by atoms with Crippen molar-refractivity contribution in [1.29, 1.82) is 0 Å². The molecule has 0 bridgehead atoms. The van der Waals surface area contributed by atoms with Crippen LogP contribution in [0.25, 0.3) is 0 Å². The van der Waals surface area contributed by atoms with E-state index in [1.807, 2.05) is 0 Å². The summed E-state index contributed by atoms with van der Waals surface area (Å²) in [6, 6.07) is 4.43. The van der Waals surface area contributed by atoms with Gasteiger partial charge in [0.1, 0.15) is 0 Å². The minimum Gasteiger partial charge on any atom is -0.494 e. The van der Waals surface area contributed by atoms with Gasteiger partial charge >= 0.3 is 0 Å². The van der Waals surface area contributed by atoms with Crippen LogP contribution in [0.2, 0.25) is 0 Å². The fraction of sp³-hybridized carbons (Fsp3) is 0.611. The van der Waals surface area contributed by atoms with Crippen molar-refractivity contribution < 1.29 is 19.0 Å². The van der Waals surface area contributed by atoms with Crippen LogP contribution in [0.4, 0.5) is 4.39 Å². The molecule has 1 heterocycles. The Morgan fingerprint density at radius 2 is 2.17 bits per heavy atom. The van der Waals surface area contributed by atoms with Crippen LogP contribution in [0.15, 0.2) is 18.2 Å². The summed E-state index contributed by atoms with van der Waals surface area (Å²) in [6.45, 7) is 2.10. The summed E-state index contributed by atoms with van der Waals surface area (Å²) < 4.78 is 18.8. The Kier molecular flexibility index (Phi) is 5.06. The van der Waals surface area contributed by atoms with Crippen molar-refractivity contribution in [2.75, 3.05) is 33.8 Å². The van der Waals surface area contributed by atoms with Gasteiger partial charge in [-0.05, 0) is 37.0 Å². The molecule has 1 amide bonds. The standard InChI is InChI=1S/C18H25FN2O3/c1-20(18(23)13-6-7-17(24-2)15(19)8-13)16(12-4-3-5-12)11-21-9-14(22)10-21/h6-8,12,14,16,22H,3-5,9-11H2,1-2H3/t16-/m0/s1. The molecular weight excluding hydrogens is 311 g/mol. The Bertz CT molecular complexity index is 600. The van der Waals surface area contributed by atoms with Crippen LogP contribution in [-0.2, 0) is 0 Å². The highest BCUT2D eigenvalue weighted by Gasteiger charge is 2.36. The maximum absolute atomic E-state index is 13.9. The van der Waals surface area contributed by atoms with E-state index in [0.717, 1.165) is 19.4 Å². The van der Waals surface area contributed by atoms with Gasteiger partial charge in [-0.2, -0.15) is 0 Å². The zero-order valence-corrected chi connectivity index (χ0v) is 14.2. The topological polar surface area (TPSA) is 53.0 Å². The molecule has 0 aromatic heterocycles. The molecule has 2 aliphatic rings. The maximum atomic E-state index is 13.9. The van der Waals surface area contributed by atoms with E-state index in [9.17, 15) is 14.3 Å². The fourth-order valence-corrected chi connectivity index (χ4v) is 3.52. The molecule has 1 aliphatic carbocycles. The van der Waals surface area contributed by atoms with E-state index in [1.165, 1.54) is 25.7 Å². The SMILES string of the molecule is COc1ccc(C(=O)N(C)[C@@H](CN2CC(O)C2)C2CCC2)cc1F. The van der Waals surface area contributed by atoms with E-state index in [4.69, 9.17) is 4.74 Å². The molecule has 1 atom stereocenters. The quantitative estimate of drug-likeness (QED) is 0.860. The van der Waals surface area contributed by atoms with Crippen LogP contribution in [-0.4, -0.2) is 66.8 Å². The van der Waals surface area contributed by atoms with Crippen molar-refractivity contribution in [1.82, 2.24) is 9.80 Å². The predicted octanol–water partition coefficient (Wildman–Crippen LogP) is 1.75. The van der Waals surface area contributed by atoms with Crippen molar-refractivity contribution in [3.63, 3.8) is 0 Å². The lowest BCUT2D eigenvalue weighted by Gasteiger charge is -2.45. The van der Waals surface area contributed by atoms with Crippen LogP contribution < -0.4 is 4.74 Å². The van der Waals surface area contributed by atoms with E-state index in [2.05, 4.69) is 4.90 Å². The lowest BCUT2D eigenvalue weighted by molar-refractivity contribution is -0.0223. The minimum absolute atomic E-state index is 0.101. The number of methoxy groups -OCH3 is 1. The zero-order chi connectivity index (χ0) is 17.3. The van der Waals surface area contributed by atoms with Crippen LogP contribution in [0.1, 0.15) is 29.6 Å². The number of halogens is 1. The number of amides is 1. The third-order valence-electron chi connectivity index (χ3n) is 5.29. The highest BCUT2D eigenvalue weighted by Crippen LogP contribution is 2.33. The molecule has 1 aliphatic heterocycles. The number of benzene rings is 1. The number of hydrogen-bond donors (Lipinski definition) is 1. The first-order valence-corrected chi connectivity index (χ1v) is 8.50. The number of likely N-dealkylation sites (tertiary alicyclic amines) is 1. The molecule has 132 valence electrons. The van der Waals surface area contributed by atoms with Crippen molar-refractivity contribution in [3.05, 3.63) is 29.6 Å². The second-order valence-corrected chi connectivity index (χ2v) is 6.90. The van der Waals surface area contributed by atoms with Gasteiger partial charge in [0.15, 0.2) is 11.6 Å². The summed E-state index contributed by atoms with van der Waals surface area (Å²) in [7, 11) is 3.20. The van der Waals surface area contributed by atoms with Gasteiger partial charge in [-0.25, -0.2) is 4.39 Å². The summed E-state index contributed by atoms with van der Waals surface area (Å²) in [5.74, 6) is -0.0727. The second kappa shape index (κ2) is 7.07. The van der Waals surface area contributed by atoms with E-state index >= 15 is 0 Å². The van der Waals surface area contributed by atoms with Crippen LogP contribution in [0, 0.1) is 11.7 Å². The third kappa shape index (κ3) is 3.39. The van der Waals surface area contributed by atoms with E-state index in [0.29, 0.717) is 24.6 Å². The van der Waals surface area contributed by atoms with E-state index < -0.39 is 5.82 Å². The highest BCUT2D eigenvalue weighted by molar-refractivity contribution is 5.94. The molecule has 6 heteroatoms. The molecule has 1 saturated carbocycles. The average Bonchev–Trinajstić information content (AvgIpc) is 2.49. The summed E-state index contributed by atoms with van der Waals surface area (Å²) in [6.07, 6.45) is 3.19. The average molecular weight is 336 g/mol. The van der Waals surface area contributed by atoms with Gasteiger partial charge in [-0.1, -0.05) is 6.42 Å². The van der Waals surface area contributed by atoms with E-state index in [-0.39, 0.29) is 23.8 Å². The summed E-state index contributed by atoms with van der Waals surface area (Å²) in [5.41, 5.74) is 0.337. The van der Waals surface area contributed by atoms with Gasteiger partial charge in [-0.3, -0.25) is 9.69 Å². The molecule has 2 fully saturated rings. The molecule has 5 nitrogen and oxygen atoms in total. The van der Waals surface area contributed by atoms with Crippen molar-refractivity contribution in [2.45, 2.75) is 31.4 Å². The van der Waals surface area contributed by atoms with Gasteiger partial charge in [-0.15, -0.1) is 0 Å². The van der Waals surface area contributed by atoms with Crippen LogP contribution in [0.3, 0.4) is 0 Å². The first kappa shape index (κ1) is 17.2. The second-order valence-electron chi connectivity index (χ2n) is 6.90. The number of rotatable bonds is 6. The molecule has 1 aromatic rings. The number of hydrogen-bond acceptors (Lipinski definition) is 4. The molecule has 24 heavy (non-hydrogen) atoms. The smallest absolute Gasteiger partial charge is 0.254 e. The predicted molar refractivity (Wildman–Crippen MR) is 88.6 cm³/mol. The number of ether oxygens (including phenoxy) is 1. The summed E-state index contributed by atoms with van der Waals surface area (Å²) in [5, 5.41) is 9.47. The fourth-order valence-electron chi connectivity index (χ4n) is 3.52. The van der Waals surface area contributed by atoms with Gasteiger partial charge in [0.2, 0.25) is 0 Å². The lowest BCUT2D eigenvalue weighted by atomic mass is 9.78. The Hall–Kier alpha value is -1.66. The van der Waals surface area contributed by atoms with Crippen LogP contribution in [0.5, 0.6) is 5.75 Å². The number of carbonyl (C=O) groups excluding carboxylic acids is 1. The van der Waals surface area contributed by atoms with Crippen molar-refractivity contribution >= 4 is 5.91 Å². The Labute approximate surface area is 142 Å². The Morgan fingerprint density at radius 1 is 1.46 bits per heavy atom. The molecule has 3 rings (SSSR count). The number of aliphatic hydroxyl groups excluding tert-OH is 1. The first-order valence-electron chi connectivity index (χ1n) is 8.50. The number of aliphatic hydroxyl groups is 1. The highest BCUT2D eigenvalue weighted by atomic mass is 19.1. The van der Waals surface area contributed by atoms with Crippen LogP contribution >= 0.6 is 0 Å². The summed E-state index contributed by atoms with van der Waals surface area (Å²) >= 11 is 0. The molecule has 0 radical (unpaired) electrons. The number of likely N-dealkylation sites (N-methyl/N-ethyl adjacent to an activating group) is 1. The van der Waals surface area contributed by atoms with Gasteiger partial charge in [0, 0.05) is 38.3 Å². The molecule has 1 aromatic carbocycles.